The van der Waals surface area contributed by atoms with Crippen molar-refractivity contribution in [2.75, 3.05) is 13.2 Å². The van der Waals surface area contributed by atoms with E-state index in [0.29, 0.717) is 11.3 Å². The molecule has 0 radical (unpaired) electrons. The van der Waals surface area contributed by atoms with Crippen molar-refractivity contribution in [3.8, 4) is 5.75 Å². The average Bonchev–Trinajstić information content (AvgIpc) is 2.48. The Morgan fingerprint density at radius 1 is 1.23 bits per heavy atom. The van der Waals surface area contributed by atoms with Crippen molar-refractivity contribution in [2.24, 2.45) is 5.92 Å². The molecule has 0 atom stereocenters. The van der Waals surface area contributed by atoms with Crippen molar-refractivity contribution in [1.29, 1.82) is 0 Å². The van der Waals surface area contributed by atoms with E-state index in [2.05, 4.69) is 4.98 Å². The van der Waals surface area contributed by atoms with Gasteiger partial charge in [-0.25, -0.2) is 0 Å². The molecule has 22 heavy (non-hydrogen) atoms. The zero-order valence-electron chi connectivity index (χ0n) is 13.0. The van der Waals surface area contributed by atoms with Crippen LogP contribution in [0.3, 0.4) is 0 Å². The minimum Gasteiger partial charge on any atom is -0.506 e. The second-order valence-corrected chi connectivity index (χ2v) is 4.61. The highest BCUT2D eigenvalue weighted by molar-refractivity contribution is 5.95. The Morgan fingerprint density at radius 3 is 2.23 bits per heavy atom. The predicted octanol–water partition coefficient (Wildman–Crippen LogP) is 0.873. The van der Waals surface area contributed by atoms with E-state index in [1.54, 1.807) is 20.8 Å². The number of aliphatic hydroxyl groups is 1. The summed E-state index contributed by atoms with van der Waals surface area (Å²) >= 11 is 0. The van der Waals surface area contributed by atoms with Crippen LogP contribution in [0.4, 0.5) is 0 Å². The van der Waals surface area contributed by atoms with Gasteiger partial charge >= 0.3 is 11.9 Å². The summed E-state index contributed by atoms with van der Waals surface area (Å²) in [5, 5.41) is 19.3. The first-order valence-electron chi connectivity index (χ1n) is 7.06. The average molecular weight is 311 g/mol. The molecule has 0 aliphatic carbocycles. The lowest BCUT2D eigenvalue weighted by Gasteiger charge is -2.16. The Kier molecular flexibility index (Phi) is 6.78. The van der Waals surface area contributed by atoms with Crippen LogP contribution >= 0.6 is 0 Å². The number of aryl methyl sites for hydroxylation is 1. The number of aromatic nitrogens is 1. The van der Waals surface area contributed by atoms with Gasteiger partial charge in [-0.1, -0.05) is 0 Å². The molecule has 0 aliphatic rings. The van der Waals surface area contributed by atoms with Crippen LogP contribution in [0.2, 0.25) is 0 Å². The highest BCUT2D eigenvalue weighted by Gasteiger charge is 2.31. The molecule has 0 aliphatic heterocycles. The molecular formula is C15H21NO6. The zero-order valence-corrected chi connectivity index (χ0v) is 13.0. The van der Waals surface area contributed by atoms with Crippen molar-refractivity contribution < 1.29 is 29.3 Å². The summed E-state index contributed by atoms with van der Waals surface area (Å²) in [6.45, 7) is 4.71. The quantitative estimate of drug-likeness (QED) is 0.568. The van der Waals surface area contributed by atoms with Crippen molar-refractivity contribution in [3.63, 3.8) is 0 Å². The Hall–Kier alpha value is -2.15. The summed E-state index contributed by atoms with van der Waals surface area (Å²) in [5.41, 5.74) is 0.999. The number of aromatic hydroxyl groups is 1. The number of rotatable bonds is 7. The molecule has 7 heteroatoms. The Balaban J connectivity index is 3.11. The smallest absolute Gasteiger partial charge is 0.320 e. The number of aliphatic hydroxyl groups excluding tert-OH is 1. The Bertz CT molecular complexity index is 525. The first-order valence-corrected chi connectivity index (χ1v) is 7.06. The lowest BCUT2D eigenvalue weighted by Crippen LogP contribution is -2.30. The Morgan fingerprint density at radius 2 is 1.77 bits per heavy atom. The highest BCUT2D eigenvalue weighted by Crippen LogP contribution is 2.26. The maximum absolute atomic E-state index is 11.9. The van der Waals surface area contributed by atoms with E-state index in [1.807, 2.05) is 0 Å². The van der Waals surface area contributed by atoms with Gasteiger partial charge in [0.2, 0.25) is 0 Å². The summed E-state index contributed by atoms with van der Waals surface area (Å²) in [6, 6.07) is 0. The highest BCUT2D eigenvalue weighted by atomic mass is 16.6. The lowest BCUT2D eigenvalue weighted by atomic mass is 9.96. The molecule has 1 aromatic heterocycles. The molecule has 0 saturated heterocycles. The number of nitrogens with zero attached hydrogens (tertiary/aromatic N) is 1. The van der Waals surface area contributed by atoms with E-state index in [0.717, 1.165) is 0 Å². The van der Waals surface area contributed by atoms with Crippen molar-refractivity contribution in [1.82, 2.24) is 4.98 Å². The van der Waals surface area contributed by atoms with Gasteiger partial charge in [0.05, 0.1) is 25.5 Å². The van der Waals surface area contributed by atoms with Crippen LogP contribution in [-0.2, 0) is 32.1 Å². The van der Waals surface area contributed by atoms with E-state index >= 15 is 0 Å². The molecule has 7 nitrogen and oxygen atoms in total. The van der Waals surface area contributed by atoms with Crippen molar-refractivity contribution in [3.05, 3.63) is 23.0 Å². The maximum atomic E-state index is 11.9. The van der Waals surface area contributed by atoms with Crippen LogP contribution < -0.4 is 0 Å². The lowest BCUT2D eigenvalue weighted by molar-refractivity contribution is -0.161. The van der Waals surface area contributed by atoms with Crippen LogP contribution in [0, 0.1) is 12.8 Å². The van der Waals surface area contributed by atoms with Crippen LogP contribution in [0.15, 0.2) is 6.20 Å². The summed E-state index contributed by atoms with van der Waals surface area (Å²) in [7, 11) is 0. The number of ether oxygens (including phenoxy) is 2. The molecule has 0 aromatic carbocycles. The van der Waals surface area contributed by atoms with Gasteiger partial charge in [0, 0.05) is 11.8 Å². The maximum Gasteiger partial charge on any atom is 0.320 e. The number of pyridine rings is 1. The second kappa shape index (κ2) is 8.33. The molecule has 122 valence electrons. The van der Waals surface area contributed by atoms with Crippen LogP contribution in [0.25, 0.3) is 0 Å². The molecule has 1 aromatic rings. The minimum absolute atomic E-state index is 0.0611. The van der Waals surface area contributed by atoms with Gasteiger partial charge in [-0.05, 0) is 32.8 Å². The van der Waals surface area contributed by atoms with Gasteiger partial charge in [-0.3, -0.25) is 14.6 Å². The van der Waals surface area contributed by atoms with Crippen LogP contribution in [0.5, 0.6) is 5.75 Å². The largest absolute Gasteiger partial charge is 0.506 e. The fourth-order valence-corrected chi connectivity index (χ4v) is 2.01. The zero-order chi connectivity index (χ0) is 16.7. The Labute approximate surface area is 128 Å². The fourth-order valence-electron chi connectivity index (χ4n) is 2.01. The topological polar surface area (TPSA) is 106 Å². The van der Waals surface area contributed by atoms with Crippen LogP contribution in [0.1, 0.15) is 30.7 Å². The first-order chi connectivity index (χ1) is 10.5. The second-order valence-electron chi connectivity index (χ2n) is 4.61. The van der Waals surface area contributed by atoms with E-state index in [4.69, 9.17) is 9.47 Å². The summed E-state index contributed by atoms with van der Waals surface area (Å²) in [4.78, 5) is 27.9. The molecule has 0 fully saturated rings. The number of esters is 2. The van der Waals surface area contributed by atoms with Gasteiger partial charge in [0.1, 0.15) is 5.75 Å². The molecule has 0 unspecified atom stereocenters. The molecule has 2 N–H and O–H groups in total. The number of hydrogen-bond acceptors (Lipinski definition) is 7. The fraction of sp³-hybridized carbons (Fsp3) is 0.533. The standard InChI is InChI=1S/C15H21NO6/c1-4-21-14(19)11(15(20)22-5-2)6-10-7-16-9(3)13(18)12(10)8-17/h7,11,17-18H,4-6,8H2,1-3H3. The molecule has 0 bridgehead atoms. The minimum atomic E-state index is -1.16. The third-order valence-electron chi connectivity index (χ3n) is 3.15. The van der Waals surface area contributed by atoms with E-state index in [1.165, 1.54) is 6.20 Å². The van der Waals surface area contributed by atoms with E-state index in [9.17, 15) is 19.8 Å². The summed E-state index contributed by atoms with van der Waals surface area (Å²) < 4.78 is 9.77. The normalized spacial score (nSPS) is 10.6. The van der Waals surface area contributed by atoms with Crippen LogP contribution in [-0.4, -0.2) is 40.3 Å². The number of carbonyl (C=O) groups excluding carboxylic acids is 2. The SMILES string of the molecule is CCOC(=O)C(Cc1cnc(C)c(O)c1CO)C(=O)OCC. The van der Waals surface area contributed by atoms with Gasteiger partial charge in [0.25, 0.3) is 0 Å². The van der Waals surface area contributed by atoms with Crippen molar-refractivity contribution in [2.45, 2.75) is 33.8 Å². The van der Waals surface area contributed by atoms with Gasteiger partial charge in [0.15, 0.2) is 5.92 Å². The molecule has 1 rings (SSSR count). The first kappa shape index (κ1) is 17.9. The van der Waals surface area contributed by atoms with E-state index in [-0.39, 0.29) is 30.9 Å². The summed E-state index contributed by atoms with van der Waals surface area (Å²) in [6.07, 6.45) is 1.36. The summed E-state index contributed by atoms with van der Waals surface area (Å²) in [5.74, 6) is -2.71. The molecule has 0 spiro atoms. The molecular weight excluding hydrogens is 290 g/mol. The molecule has 0 amide bonds. The number of carbonyl (C=O) groups is 2. The van der Waals surface area contributed by atoms with Gasteiger partial charge < -0.3 is 19.7 Å². The molecule has 0 saturated carbocycles. The van der Waals surface area contributed by atoms with Crippen molar-refractivity contribution >= 4 is 11.9 Å². The van der Waals surface area contributed by atoms with Gasteiger partial charge in [-0.15, -0.1) is 0 Å². The third kappa shape index (κ3) is 4.17. The number of hydrogen-bond donors (Lipinski definition) is 2. The molecule has 1 heterocycles. The monoisotopic (exact) mass is 311 g/mol. The third-order valence-corrected chi connectivity index (χ3v) is 3.15. The van der Waals surface area contributed by atoms with Gasteiger partial charge in [-0.2, -0.15) is 0 Å². The van der Waals surface area contributed by atoms with E-state index < -0.39 is 24.5 Å². The predicted molar refractivity (Wildman–Crippen MR) is 77.0 cm³/mol.